The predicted octanol–water partition coefficient (Wildman–Crippen LogP) is 5.74. The normalized spacial score (nSPS) is 10.6. The zero-order valence-corrected chi connectivity index (χ0v) is 24.3. The number of carboxylic acid groups (broad SMARTS) is 1. The lowest BCUT2D eigenvalue weighted by Crippen LogP contribution is -2.35. The summed E-state index contributed by atoms with van der Waals surface area (Å²) in [6.07, 6.45) is 0.108. The van der Waals surface area contributed by atoms with E-state index < -0.39 is 29.4 Å². The molecule has 0 heterocycles. The Morgan fingerprint density at radius 1 is 0.795 bits per heavy atom. The molecular weight excluding hydrogens is 570 g/mol. The minimum absolute atomic E-state index is 0.0406. The number of ether oxygens (including phenoxy) is 2. The molecule has 0 radical (unpaired) electrons. The molecule has 4 rings (SSSR count). The van der Waals surface area contributed by atoms with Crippen LogP contribution < -0.4 is 14.8 Å². The van der Waals surface area contributed by atoms with Crippen molar-refractivity contribution < 1.29 is 37.7 Å². The van der Waals surface area contributed by atoms with E-state index in [1.165, 1.54) is 19.1 Å². The second kappa shape index (κ2) is 14.8. The Hall–Kier alpha value is -5.25. The molecule has 10 heteroatoms. The van der Waals surface area contributed by atoms with E-state index in [-0.39, 0.29) is 42.7 Å². The number of nitrogens with one attached hydrogen (secondary N) is 1. The molecule has 0 unspecified atom stereocenters. The van der Waals surface area contributed by atoms with Gasteiger partial charge in [0, 0.05) is 36.8 Å². The number of benzene rings is 4. The van der Waals surface area contributed by atoms with Gasteiger partial charge in [-0.05, 0) is 59.0 Å². The van der Waals surface area contributed by atoms with Gasteiger partial charge in [0.05, 0.1) is 20.6 Å². The van der Waals surface area contributed by atoms with Crippen LogP contribution in [0.2, 0.25) is 0 Å². The number of amides is 2. The third kappa shape index (κ3) is 7.77. The zero-order chi connectivity index (χ0) is 31.6. The van der Waals surface area contributed by atoms with E-state index in [1.807, 2.05) is 12.1 Å². The Balaban J connectivity index is 1.62. The minimum Gasteiger partial charge on any atom is -0.493 e. The number of carbonyl (C=O) groups is 3. The van der Waals surface area contributed by atoms with Crippen LogP contribution in [0, 0.1) is 11.6 Å². The predicted molar refractivity (Wildman–Crippen MR) is 161 cm³/mol. The first-order chi connectivity index (χ1) is 21.2. The third-order valence-electron chi connectivity index (χ3n) is 7.01. The van der Waals surface area contributed by atoms with Crippen LogP contribution in [0.25, 0.3) is 11.1 Å². The fourth-order valence-corrected chi connectivity index (χ4v) is 4.93. The van der Waals surface area contributed by atoms with Crippen molar-refractivity contribution in [3.05, 3.63) is 119 Å². The Morgan fingerprint density at radius 2 is 1.43 bits per heavy atom. The van der Waals surface area contributed by atoms with Crippen molar-refractivity contribution in [2.75, 3.05) is 27.3 Å². The Morgan fingerprint density at radius 3 is 2.07 bits per heavy atom. The molecule has 0 aliphatic rings. The Bertz CT molecular complexity index is 1640. The van der Waals surface area contributed by atoms with E-state index in [2.05, 4.69) is 5.32 Å². The molecule has 0 atom stereocenters. The number of methoxy groups -OCH3 is 2. The number of carboxylic acids is 1. The summed E-state index contributed by atoms with van der Waals surface area (Å²) < 4.78 is 38.2. The van der Waals surface area contributed by atoms with Crippen molar-refractivity contribution in [1.29, 1.82) is 0 Å². The van der Waals surface area contributed by atoms with Crippen LogP contribution in [0.4, 0.5) is 8.78 Å². The molecule has 0 aromatic heterocycles. The maximum Gasteiger partial charge on any atom is 0.305 e. The monoisotopic (exact) mass is 602 g/mol. The molecule has 44 heavy (non-hydrogen) atoms. The summed E-state index contributed by atoms with van der Waals surface area (Å²) in [4.78, 5) is 40.2. The fraction of sp³-hybridized carbons (Fsp3) is 0.206. The molecule has 0 spiro atoms. The highest BCUT2D eigenvalue weighted by Crippen LogP contribution is 2.32. The average molecular weight is 603 g/mol. The van der Waals surface area contributed by atoms with Crippen LogP contribution >= 0.6 is 0 Å². The number of rotatable bonds is 13. The number of carbonyl (C=O) groups excluding carboxylic acids is 2. The maximum atomic E-state index is 14.0. The van der Waals surface area contributed by atoms with Crippen LogP contribution in [0.15, 0.2) is 84.9 Å². The Labute approximate surface area is 253 Å². The highest BCUT2D eigenvalue weighted by Gasteiger charge is 2.23. The van der Waals surface area contributed by atoms with Gasteiger partial charge in [-0.15, -0.1) is 0 Å². The van der Waals surface area contributed by atoms with Gasteiger partial charge in [0.15, 0.2) is 11.5 Å². The smallest absolute Gasteiger partial charge is 0.305 e. The molecule has 4 aromatic rings. The van der Waals surface area contributed by atoms with Gasteiger partial charge in [0.2, 0.25) is 0 Å². The van der Waals surface area contributed by atoms with Crippen molar-refractivity contribution >= 4 is 17.8 Å². The summed E-state index contributed by atoms with van der Waals surface area (Å²) in [5, 5.41) is 12.1. The van der Waals surface area contributed by atoms with Crippen LogP contribution in [-0.2, 0) is 17.8 Å². The van der Waals surface area contributed by atoms with E-state index >= 15 is 0 Å². The van der Waals surface area contributed by atoms with Gasteiger partial charge >= 0.3 is 5.97 Å². The molecular formula is C34H32F2N2O6. The van der Waals surface area contributed by atoms with E-state index in [1.54, 1.807) is 54.6 Å². The molecule has 0 fully saturated rings. The van der Waals surface area contributed by atoms with Gasteiger partial charge in [-0.25, -0.2) is 8.78 Å². The van der Waals surface area contributed by atoms with Gasteiger partial charge in [-0.1, -0.05) is 48.5 Å². The largest absolute Gasteiger partial charge is 0.493 e. The molecule has 2 N–H and O–H groups in total. The first-order valence-corrected chi connectivity index (χ1v) is 13.8. The molecule has 0 aliphatic carbocycles. The topological polar surface area (TPSA) is 105 Å². The molecule has 228 valence electrons. The standard InChI is InChI=1S/C34H32F2N2O6/c1-43-30-13-7-8-23(32(30)44-2)14-16-38(17-15-31(39)40)34(42)29-12-6-4-10-27(29)26-9-3-5-11-28(26)33(41)37-21-22-18-24(35)20-25(36)19-22/h3-13,18-20H,14-17,21H2,1-2H3,(H,37,41)(H,39,40). The number of hydrogen-bond donors (Lipinski definition) is 2. The number of nitrogens with zero attached hydrogens (tertiary/aromatic N) is 1. The Kier molecular flexibility index (Phi) is 10.6. The highest BCUT2D eigenvalue weighted by atomic mass is 19.1. The first kappa shape index (κ1) is 31.7. The number of hydrogen-bond acceptors (Lipinski definition) is 5. The van der Waals surface area contributed by atoms with Crippen molar-refractivity contribution in [3.8, 4) is 22.6 Å². The van der Waals surface area contributed by atoms with Gasteiger partial charge in [0.1, 0.15) is 11.6 Å². The molecule has 4 aromatic carbocycles. The minimum atomic E-state index is -1.05. The van der Waals surface area contributed by atoms with Crippen molar-refractivity contribution in [2.24, 2.45) is 0 Å². The van der Waals surface area contributed by atoms with Gasteiger partial charge in [0.25, 0.3) is 11.8 Å². The van der Waals surface area contributed by atoms with Crippen molar-refractivity contribution in [3.63, 3.8) is 0 Å². The second-order valence-corrected chi connectivity index (χ2v) is 9.89. The van der Waals surface area contributed by atoms with Gasteiger partial charge < -0.3 is 24.8 Å². The fourth-order valence-electron chi connectivity index (χ4n) is 4.93. The van der Waals surface area contributed by atoms with E-state index in [0.717, 1.165) is 23.8 Å². The summed E-state index contributed by atoms with van der Waals surface area (Å²) in [5.74, 6) is -2.39. The summed E-state index contributed by atoms with van der Waals surface area (Å²) in [7, 11) is 3.05. The lowest BCUT2D eigenvalue weighted by Gasteiger charge is -2.24. The lowest BCUT2D eigenvalue weighted by atomic mass is 9.94. The van der Waals surface area contributed by atoms with E-state index in [0.29, 0.717) is 29.0 Å². The zero-order valence-electron chi connectivity index (χ0n) is 24.3. The first-order valence-electron chi connectivity index (χ1n) is 13.8. The van der Waals surface area contributed by atoms with Crippen molar-refractivity contribution in [2.45, 2.75) is 19.4 Å². The van der Waals surface area contributed by atoms with Gasteiger partial charge in [-0.3, -0.25) is 14.4 Å². The summed E-state index contributed by atoms with van der Waals surface area (Å²) in [6.45, 7) is 0.0382. The average Bonchev–Trinajstić information content (AvgIpc) is 3.02. The quantitative estimate of drug-likeness (QED) is 0.202. The lowest BCUT2D eigenvalue weighted by molar-refractivity contribution is -0.137. The molecule has 8 nitrogen and oxygen atoms in total. The molecule has 2 amide bonds. The van der Waals surface area contributed by atoms with E-state index in [4.69, 9.17) is 9.47 Å². The number of halogens is 2. The van der Waals surface area contributed by atoms with Crippen LogP contribution in [0.1, 0.15) is 38.3 Å². The molecule has 0 saturated heterocycles. The molecule has 0 bridgehead atoms. The maximum absolute atomic E-state index is 14.0. The van der Waals surface area contributed by atoms with Crippen LogP contribution in [-0.4, -0.2) is 55.1 Å². The summed E-state index contributed by atoms with van der Waals surface area (Å²) >= 11 is 0. The highest BCUT2D eigenvalue weighted by molar-refractivity contribution is 6.06. The molecule has 0 saturated carbocycles. The number of para-hydroxylation sites is 1. The van der Waals surface area contributed by atoms with E-state index in [9.17, 15) is 28.3 Å². The summed E-state index contributed by atoms with van der Waals surface area (Å²) in [6, 6.07) is 21.9. The second-order valence-electron chi connectivity index (χ2n) is 9.89. The van der Waals surface area contributed by atoms with Gasteiger partial charge in [-0.2, -0.15) is 0 Å². The summed E-state index contributed by atoms with van der Waals surface area (Å²) in [5.41, 5.74) is 2.51. The van der Waals surface area contributed by atoms with Crippen LogP contribution in [0.5, 0.6) is 11.5 Å². The van der Waals surface area contributed by atoms with Crippen molar-refractivity contribution in [1.82, 2.24) is 10.2 Å². The SMILES string of the molecule is COc1cccc(CCN(CCC(=O)O)C(=O)c2ccccc2-c2ccccc2C(=O)NCc2cc(F)cc(F)c2)c1OC. The third-order valence-corrected chi connectivity index (χ3v) is 7.01. The molecule has 0 aliphatic heterocycles. The number of aliphatic carboxylic acids is 1. The van der Waals surface area contributed by atoms with Crippen LogP contribution in [0.3, 0.4) is 0 Å².